The van der Waals surface area contributed by atoms with Crippen molar-refractivity contribution in [2.45, 2.75) is 9.24 Å². The van der Waals surface area contributed by atoms with Gasteiger partial charge in [0.2, 0.25) is 0 Å². The average molecular weight is 396 g/mol. The minimum absolute atomic E-state index is 0.242. The fourth-order valence-electron chi connectivity index (χ4n) is 2.66. The number of aromatic nitrogens is 2. The summed E-state index contributed by atoms with van der Waals surface area (Å²) in [4.78, 5) is 38.7. The number of hydrogen-bond acceptors (Lipinski definition) is 7. The van der Waals surface area contributed by atoms with E-state index in [0.717, 1.165) is 14.1 Å². The van der Waals surface area contributed by atoms with E-state index in [9.17, 15) is 14.4 Å². The van der Waals surface area contributed by atoms with E-state index in [1.54, 1.807) is 17.6 Å². The van der Waals surface area contributed by atoms with E-state index in [-0.39, 0.29) is 17.4 Å². The maximum Gasteiger partial charge on any atom is 0.261 e. The highest BCUT2D eigenvalue weighted by Crippen LogP contribution is 2.34. The molecule has 0 fully saturated rings. The zero-order valence-corrected chi connectivity index (χ0v) is 15.6. The molecule has 7 nitrogen and oxygen atoms in total. The number of imide groups is 1. The van der Waals surface area contributed by atoms with Crippen molar-refractivity contribution in [3.8, 4) is 0 Å². The van der Waals surface area contributed by atoms with E-state index in [0.29, 0.717) is 16.8 Å². The van der Waals surface area contributed by atoms with Crippen molar-refractivity contribution in [2.75, 3.05) is 12.4 Å². The molecule has 3 amide bonds. The minimum atomic E-state index is -0.406. The quantitative estimate of drug-likeness (QED) is 0.681. The lowest BCUT2D eigenvalue weighted by Crippen LogP contribution is -2.24. The summed E-state index contributed by atoms with van der Waals surface area (Å²) < 4.78 is 0.765. The van der Waals surface area contributed by atoms with Gasteiger partial charge in [-0.3, -0.25) is 19.3 Å². The highest BCUT2D eigenvalue weighted by Gasteiger charge is 2.33. The largest absolute Gasteiger partial charge is 0.321 e. The van der Waals surface area contributed by atoms with Gasteiger partial charge < -0.3 is 5.32 Å². The molecule has 2 heterocycles. The maximum atomic E-state index is 12.7. The number of rotatable bonds is 4. The normalized spacial score (nSPS) is 13.0. The third kappa shape index (κ3) is 3.22. The van der Waals surface area contributed by atoms with Gasteiger partial charge in [-0.2, -0.15) is 0 Å². The number of carbonyl (C=O) groups excluding carboxylic acids is 3. The van der Waals surface area contributed by atoms with Gasteiger partial charge in [0.05, 0.1) is 16.8 Å². The molecule has 3 aromatic rings. The monoisotopic (exact) mass is 396 g/mol. The number of fused-ring (bicyclic) bond motifs is 1. The van der Waals surface area contributed by atoms with Crippen LogP contribution in [0.5, 0.6) is 0 Å². The van der Waals surface area contributed by atoms with Gasteiger partial charge in [0, 0.05) is 17.5 Å². The third-order valence-corrected chi connectivity index (χ3v) is 5.88. The predicted octanol–water partition coefficient (Wildman–Crippen LogP) is 3.17. The standard InChI is InChI=1S/C18H12N4O3S2/c1-22-16(24)11-7-6-10(8-12(11)17(22)25)15(23)20-13-4-2-3-5-14(13)27-18-21-19-9-26-18/h2-9H,1H3,(H,20,23). The summed E-state index contributed by atoms with van der Waals surface area (Å²) in [7, 11) is 1.42. The fraction of sp³-hybridized carbons (Fsp3) is 0.0556. The molecule has 4 rings (SSSR count). The molecule has 9 heteroatoms. The third-order valence-electron chi connectivity index (χ3n) is 4.02. The minimum Gasteiger partial charge on any atom is -0.321 e. The lowest BCUT2D eigenvalue weighted by Gasteiger charge is -2.10. The van der Waals surface area contributed by atoms with Crippen LogP contribution in [0, 0.1) is 0 Å². The Kier molecular flexibility index (Phi) is 4.46. The van der Waals surface area contributed by atoms with Crippen molar-refractivity contribution in [2.24, 2.45) is 0 Å². The first-order chi connectivity index (χ1) is 13.0. The van der Waals surface area contributed by atoms with E-state index in [1.807, 2.05) is 18.2 Å². The molecular weight excluding hydrogens is 384 g/mol. The highest BCUT2D eigenvalue weighted by atomic mass is 32.2. The Morgan fingerprint density at radius 1 is 1.11 bits per heavy atom. The zero-order chi connectivity index (χ0) is 19.0. The predicted molar refractivity (Wildman–Crippen MR) is 101 cm³/mol. The molecule has 0 spiro atoms. The van der Waals surface area contributed by atoms with Crippen molar-refractivity contribution in [3.05, 3.63) is 64.7 Å². The summed E-state index contributed by atoms with van der Waals surface area (Å²) >= 11 is 2.81. The summed E-state index contributed by atoms with van der Waals surface area (Å²) in [5.41, 5.74) is 3.13. The van der Waals surface area contributed by atoms with Gasteiger partial charge in [0.15, 0.2) is 4.34 Å². The second-order valence-corrected chi connectivity index (χ2v) is 7.81. The molecule has 1 aliphatic rings. The van der Waals surface area contributed by atoms with E-state index >= 15 is 0 Å². The molecule has 2 aromatic carbocycles. The smallest absolute Gasteiger partial charge is 0.261 e. The molecule has 1 aromatic heterocycles. The molecule has 1 aliphatic heterocycles. The van der Waals surface area contributed by atoms with Crippen molar-refractivity contribution >= 4 is 46.5 Å². The number of para-hydroxylation sites is 1. The van der Waals surface area contributed by atoms with E-state index in [4.69, 9.17) is 0 Å². The van der Waals surface area contributed by atoms with Crippen LogP contribution < -0.4 is 5.32 Å². The van der Waals surface area contributed by atoms with Gasteiger partial charge in [-0.05, 0) is 30.3 Å². The fourth-order valence-corrected chi connectivity index (χ4v) is 4.18. The van der Waals surface area contributed by atoms with Crippen LogP contribution in [0.3, 0.4) is 0 Å². The number of anilines is 1. The summed E-state index contributed by atoms with van der Waals surface area (Å²) in [5.74, 6) is -1.13. The van der Waals surface area contributed by atoms with Gasteiger partial charge in [0.25, 0.3) is 17.7 Å². The summed E-state index contributed by atoms with van der Waals surface area (Å²) in [5, 5.41) is 10.7. The van der Waals surface area contributed by atoms with Crippen LogP contribution >= 0.6 is 23.1 Å². The second-order valence-electron chi connectivity index (χ2n) is 5.69. The van der Waals surface area contributed by atoms with Crippen LogP contribution in [-0.4, -0.2) is 39.9 Å². The van der Waals surface area contributed by atoms with Gasteiger partial charge in [-0.25, -0.2) is 0 Å². The highest BCUT2D eigenvalue weighted by molar-refractivity contribution is 8.01. The molecule has 134 valence electrons. The van der Waals surface area contributed by atoms with Crippen LogP contribution in [0.2, 0.25) is 0 Å². The van der Waals surface area contributed by atoms with Gasteiger partial charge >= 0.3 is 0 Å². The Labute approximate surface area is 162 Å². The second kappa shape index (κ2) is 6.93. The number of carbonyl (C=O) groups is 3. The topological polar surface area (TPSA) is 92.3 Å². The summed E-state index contributed by atoms with van der Waals surface area (Å²) in [6, 6.07) is 11.9. The Morgan fingerprint density at radius 2 is 1.89 bits per heavy atom. The average Bonchev–Trinajstić information content (AvgIpc) is 3.26. The molecule has 0 unspecified atom stereocenters. The lowest BCUT2D eigenvalue weighted by molar-refractivity contribution is 0.0693. The number of benzene rings is 2. The van der Waals surface area contributed by atoms with Crippen molar-refractivity contribution in [3.63, 3.8) is 0 Å². The summed E-state index contributed by atoms with van der Waals surface area (Å²) in [6.45, 7) is 0. The van der Waals surface area contributed by atoms with E-state index in [1.165, 1.54) is 42.3 Å². The summed E-state index contributed by atoms with van der Waals surface area (Å²) in [6.07, 6.45) is 0. The van der Waals surface area contributed by atoms with Gasteiger partial charge in [0.1, 0.15) is 5.51 Å². The Morgan fingerprint density at radius 3 is 2.67 bits per heavy atom. The van der Waals surface area contributed by atoms with Gasteiger partial charge in [-0.1, -0.05) is 35.2 Å². The van der Waals surface area contributed by atoms with E-state index < -0.39 is 5.91 Å². The Bertz CT molecular complexity index is 1070. The molecule has 0 aliphatic carbocycles. The number of nitrogens with one attached hydrogen (secondary N) is 1. The van der Waals surface area contributed by atoms with Crippen molar-refractivity contribution in [1.29, 1.82) is 0 Å². The number of hydrogen-bond donors (Lipinski definition) is 1. The van der Waals surface area contributed by atoms with Crippen LogP contribution in [0.15, 0.2) is 57.2 Å². The molecule has 0 bridgehead atoms. The number of nitrogens with zero attached hydrogens (tertiary/aromatic N) is 3. The van der Waals surface area contributed by atoms with Crippen molar-refractivity contribution < 1.29 is 14.4 Å². The Balaban J connectivity index is 1.59. The first-order valence-corrected chi connectivity index (χ1v) is 9.55. The molecule has 0 saturated carbocycles. The first kappa shape index (κ1) is 17.4. The molecule has 0 saturated heterocycles. The lowest BCUT2D eigenvalue weighted by atomic mass is 10.1. The molecule has 27 heavy (non-hydrogen) atoms. The van der Waals surface area contributed by atoms with Crippen LogP contribution in [0.1, 0.15) is 31.1 Å². The first-order valence-electron chi connectivity index (χ1n) is 7.85. The maximum absolute atomic E-state index is 12.7. The zero-order valence-electron chi connectivity index (χ0n) is 14.0. The molecule has 1 N–H and O–H groups in total. The van der Waals surface area contributed by atoms with E-state index in [2.05, 4.69) is 15.5 Å². The van der Waals surface area contributed by atoms with Crippen LogP contribution in [0.25, 0.3) is 0 Å². The van der Waals surface area contributed by atoms with Crippen molar-refractivity contribution in [1.82, 2.24) is 15.1 Å². The Hall–Kier alpha value is -3.04. The molecular formula is C18H12N4O3S2. The van der Waals surface area contributed by atoms with Crippen LogP contribution in [-0.2, 0) is 0 Å². The number of amides is 3. The molecule has 0 atom stereocenters. The van der Waals surface area contributed by atoms with Gasteiger partial charge in [-0.15, -0.1) is 10.2 Å². The van der Waals surface area contributed by atoms with Crippen LogP contribution in [0.4, 0.5) is 5.69 Å². The SMILES string of the molecule is CN1C(=O)c2ccc(C(=O)Nc3ccccc3Sc3nncs3)cc2C1=O. The molecule has 0 radical (unpaired) electrons.